The van der Waals surface area contributed by atoms with Crippen LogP contribution in [0.4, 0.5) is 4.39 Å². The molecule has 0 saturated heterocycles. The summed E-state index contributed by atoms with van der Waals surface area (Å²) in [7, 11) is 1.60. The fourth-order valence-electron chi connectivity index (χ4n) is 1.83. The van der Waals surface area contributed by atoms with Crippen LogP contribution in [0.3, 0.4) is 0 Å². The van der Waals surface area contributed by atoms with Crippen LogP contribution in [0.2, 0.25) is 0 Å². The third kappa shape index (κ3) is 3.52. The second-order valence-corrected chi connectivity index (χ2v) is 5.58. The van der Waals surface area contributed by atoms with Crippen LogP contribution in [0.5, 0.6) is 11.5 Å². The largest absolute Gasteiger partial charge is 0.496 e. The van der Waals surface area contributed by atoms with Gasteiger partial charge in [-0.2, -0.15) is 0 Å². The minimum absolute atomic E-state index is 0.240. The Morgan fingerprint density at radius 2 is 1.95 bits per heavy atom. The fraction of sp³-hybridized carbons (Fsp3) is 0.200. The van der Waals surface area contributed by atoms with Gasteiger partial charge in [0.1, 0.15) is 12.4 Å². The first kappa shape index (κ1) is 15.3. The Morgan fingerprint density at radius 3 is 2.65 bits per heavy atom. The quantitative estimate of drug-likeness (QED) is 0.648. The maximum atomic E-state index is 13.8. The molecule has 20 heavy (non-hydrogen) atoms. The van der Waals surface area contributed by atoms with Gasteiger partial charge in [0, 0.05) is 20.9 Å². The molecule has 0 aliphatic heterocycles. The van der Waals surface area contributed by atoms with Gasteiger partial charge in [0.05, 0.1) is 7.11 Å². The van der Waals surface area contributed by atoms with Crippen molar-refractivity contribution in [1.82, 2.24) is 0 Å². The lowest BCUT2D eigenvalue weighted by Crippen LogP contribution is -2.02. The Hall–Kier alpha value is -1.07. The maximum Gasteiger partial charge on any atom is 0.165 e. The van der Waals surface area contributed by atoms with Gasteiger partial charge in [-0.1, -0.05) is 44.0 Å². The van der Waals surface area contributed by atoms with E-state index in [1.807, 2.05) is 24.3 Å². The van der Waals surface area contributed by atoms with Crippen molar-refractivity contribution < 1.29 is 13.9 Å². The molecular weight excluding hydrogens is 391 g/mol. The highest BCUT2D eigenvalue weighted by molar-refractivity contribution is 9.10. The molecule has 0 saturated carbocycles. The van der Waals surface area contributed by atoms with Crippen molar-refractivity contribution in [2.75, 3.05) is 7.11 Å². The topological polar surface area (TPSA) is 18.5 Å². The van der Waals surface area contributed by atoms with E-state index in [4.69, 9.17) is 9.47 Å². The third-order valence-electron chi connectivity index (χ3n) is 2.81. The molecule has 0 aliphatic rings. The maximum absolute atomic E-state index is 13.8. The molecule has 0 N–H and O–H groups in total. The lowest BCUT2D eigenvalue weighted by atomic mass is 10.2. The summed E-state index contributed by atoms with van der Waals surface area (Å²) in [4.78, 5) is 0. The SMILES string of the molecule is COc1ccc(Br)cc1COc1c(F)cccc1CBr. The number of ether oxygens (including phenoxy) is 2. The minimum Gasteiger partial charge on any atom is -0.496 e. The number of para-hydroxylation sites is 1. The number of hydrogen-bond acceptors (Lipinski definition) is 2. The Labute approximate surface area is 134 Å². The molecule has 2 aromatic carbocycles. The predicted octanol–water partition coefficient (Wildman–Crippen LogP) is 5.07. The zero-order chi connectivity index (χ0) is 14.5. The van der Waals surface area contributed by atoms with Crippen LogP contribution in [-0.2, 0) is 11.9 Å². The van der Waals surface area contributed by atoms with Crippen molar-refractivity contribution in [1.29, 1.82) is 0 Å². The Balaban J connectivity index is 2.23. The number of methoxy groups -OCH3 is 1. The fourth-order valence-corrected chi connectivity index (χ4v) is 2.68. The van der Waals surface area contributed by atoms with E-state index in [0.29, 0.717) is 11.1 Å². The van der Waals surface area contributed by atoms with E-state index in [-0.39, 0.29) is 18.2 Å². The van der Waals surface area contributed by atoms with Gasteiger partial charge >= 0.3 is 0 Å². The van der Waals surface area contributed by atoms with Gasteiger partial charge in [0.15, 0.2) is 11.6 Å². The summed E-state index contributed by atoms with van der Waals surface area (Å²) in [6.07, 6.45) is 0. The zero-order valence-electron chi connectivity index (χ0n) is 10.8. The molecule has 2 rings (SSSR count). The summed E-state index contributed by atoms with van der Waals surface area (Å²) >= 11 is 6.73. The van der Waals surface area contributed by atoms with E-state index in [1.165, 1.54) is 6.07 Å². The van der Waals surface area contributed by atoms with Gasteiger partial charge in [0.2, 0.25) is 0 Å². The molecule has 0 radical (unpaired) electrons. The van der Waals surface area contributed by atoms with Crippen LogP contribution < -0.4 is 9.47 Å². The van der Waals surface area contributed by atoms with Crippen molar-refractivity contribution >= 4 is 31.9 Å². The van der Waals surface area contributed by atoms with E-state index in [9.17, 15) is 4.39 Å². The lowest BCUT2D eigenvalue weighted by molar-refractivity contribution is 0.280. The molecule has 0 unspecified atom stereocenters. The molecule has 2 aromatic rings. The number of halogens is 3. The molecule has 0 aliphatic carbocycles. The van der Waals surface area contributed by atoms with Crippen LogP contribution in [0.1, 0.15) is 11.1 Å². The van der Waals surface area contributed by atoms with Crippen LogP contribution in [0.15, 0.2) is 40.9 Å². The normalized spacial score (nSPS) is 10.4. The monoisotopic (exact) mass is 402 g/mol. The van der Waals surface area contributed by atoms with Crippen molar-refractivity contribution in [3.63, 3.8) is 0 Å². The Kier molecular flexibility index (Phi) is 5.43. The second kappa shape index (κ2) is 7.09. The molecule has 0 aromatic heterocycles. The first-order valence-corrected chi connectivity index (χ1v) is 7.85. The van der Waals surface area contributed by atoms with Crippen molar-refractivity contribution in [2.45, 2.75) is 11.9 Å². The highest BCUT2D eigenvalue weighted by Crippen LogP contribution is 2.28. The molecule has 0 bridgehead atoms. The summed E-state index contributed by atoms with van der Waals surface area (Å²) in [5.41, 5.74) is 1.63. The van der Waals surface area contributed by atoms with E-state index in [1.54, 1.807) is 13.2 Å². The summed E-state index contributed by atoms with van der Waals surface area (Å²) in [5.74, 6) is 0.618. The van der Waals surface area contributed by atoms with Crippen LogP contribution in [0.25, 0.3) is 0 Å². The van der Waals surface area contributed by atoms with E-state index in [0.717, 1.165) is 15.6 Å². The van der Waals surface area contributed by atoms with Crippen molar-refractivity contribution in [3.05, 3.63) is 57.8 Å². The van der Waals surface area contributed by atoms with E-state index in [2.05, 4.69) is 31.9 Å². The van der Waals surface area contributed by atoms with Gasteiger partial charge < -0.3 is 9.47 Å². The molecule has 0 spiro atoms. The standard InChI is InChI=1S/C15H13Br2FO2/c1-19-14-6-5-12(17)7-11(14)9-20-15-10(8-16)3-2-4-13(15)18/h2-7H,8-9H2,1H3. The summed E-state index contributed by atoms with van der Waals surface area (Å²) in [6, 6.07) is 10.5. The molecular formula is C15H13Br2FO2. The highest BCUT2D eigenvalue weighted by atomic mass is 79.9. The van der Waals surface area contributed by atoms with Crippen LogP contribution in [0, 0.1) is 5.82 Å². The Morgan fingerprint density at radius 1 is 1.15 bits per heavy atom. The molecule has 106 valence electrons. The summed E-state index contributed by atoms with van der Waals surface area (Å²) in [6.45, 7) is 0.240. The zero-order valence-corrected chi connectivity index (χ0v) is 14.0. The highest BCUT2D eigenvalue weighted by Gasteiger charge is 2.11. The number of rotatable bonds is 5. The van der Waals surface area contributed by atoms with Gasteiger partial charge in [-0.05, 0) is 24.3 Å². The van der Waals surface area contributed by atoms with Crippen molar-refractivity contribution in [3.8, 4) is 11.5 Å². The molecule has 0 fully saturated rings. The number of alkyl halides is 1. The number of benzene rings is 2. The second-order valence-electron chi connectivity index (χ2n) is 4.11. The van der Waals surface area contributed by atoms with Gasteiger partial charge in [-0.25, -0.2) is 4.39 Å². The van der Waals surface area contributed by atoms with Gasteiger partial charge in [0.25, 0.3) is 0 Å². The summed E-state index contributed by atoms with van der Waals surface area (Å²) in [5, 5.41) is 0.537. The smallest absolute Gasteiger partial charge is 0.165 e. The molecule has 0 atom stereocenters. The minimum atomic E-state index is -0.365. The van der Waals surface area contributed by atoms with E-state index >= 15 is 0 Å². The van der Waals surface area contributed by atoms with Gasteiger partial charge in [-0.3, -0.25) is 0 Å². The predicted molar refractivity (Wildman–Crippen MR) is 84.1 cm³/mol. The van der Waals surface area contributed by atoms with Gasteiger partial charge in [-0.15, -0.1) is 0 Å². The average molecular weight is 404 g/mol. The average Bonchev–Trinajstić information content (AvgIpc) is 2.46. The molecule has 0 heterocycles. The van der Waals surface area contributed by atoms with Crippen LogP contribution >= 0.6 is 31.9 Å². The Bertz CT molecular complexity index is 602. The number of hydrogen-bond donors (Lipinski definition) is 0. The molecule has 2 nitrogen and oxygen atoms in total. The first-order valence-electron chi connectivity index (χ1n) is 5.94. The third-order valence-corrected chi connectivity index (χ3v) is 3.90. The van der Waals surface area contributed by atoms with Crippen molar-refractivity contribution in [2.24, 2.45) is 0 Å². The summed E-state index contributed by atoms with van der Waals surface area (Å²) < 4.78 is 25.6. The molecule has 0 amide bonds. The molecule has 5 heteroatoms. The lowest BCUT2D eigenvalue weighted by Gasteiger charge is -2.13. The van der Waals surface area contributed by atoms with E-state index < -0.39 is 0 Å². The van der Waals surface area contributed by atoms with Crippen LogP contribution in [-0.4, -0.2) is 7.11 Å². The first-order chi connectivity index (χ1) is 9.65.